The molecule has 0 aliphatic rings. The summed E-state index contributed by atoms with van der Waals surface area (Å²) in [6.45, 7) is 3.59. The highest BCUT2D eigenvalue weighted by Gasteiger charge is 2.32. The summed E-state index contributed by atoms with van der Waals surface area (Å²) in [6, 6.07) is 5.37. The molecular formula is C23H27F4N3O3S. The van der Waals surface area contributed by atoms with E-state index in [0.29, 0.717) is 24.0 Å². The van der Waals surface area contributed by atoms with Crippen LogP contribution in [-0.2, 0) is 27.4 Å². The number of hydrogen-bond acceptors (Lipinski definition) is 4. The number of amides is 1. The Morgan fingerprint density at radius 2 is 1.88 bits per heavy atom. The summed E-state index contributed by atoms with van der Waals surface area (Å²) >= 11 is 0. The molecule has 1 aromatic carbocycles. The number of aromatic nitrogens is 1. The van der Waals surface area contributed by atoms with Crippen LogP contribution in [0.4, 0.5) is 23.2 Å². The Kier molecular flexibility index (Phi) is 9.20. The molecule has 0 aliphatic carbocycles. The molecule has 11 heteroatoms. The number of pyridine rings is 1. The zero-order valence-corrected chi connectivity index (χ0v) is 19.9. The van der Waals surface area contributed by atoms with Crippen LogP contribution < -0.4 is 10.0 Å². The zero-order valence-electron chi connectivity index (χ0n) is 19.0. The quantitative estimate of drug-likeness (QED) is 0.265. The van der Waals surface area contributed by atoms with Crippen LogP contribution in [0.2, 0.25) is 0 Å². The zero-order chi connectivity index (χ0) is 25.5. The van der Waals surface area contributed by atoms with Crippen molar-refractivity contribution in [2.45, 2.75) is 51.7 Å². The Morgan fingerprint density at radius 1 is 1.18 bits per heavy atom. The molecule has 2 N–H and O–H groups in total. The molecule has 1 heterocycles. The molecule has 1 atom stereocenters. The molecule has 0 bridgehead atoms. The summed E-state index contributed by atoms with van der Waals surface area (Å²) < 4.78 is 77.9. The largest absolute Gasteiger partial charge is 0.433 e. The van der Waals surface area contributed by atoms with Crippen molar-refractivity contribution in [3.8, 4) is 0 Å². The third-order valence-electron chi connectivity index (χ3n) is 4.88. The Labute approximate surface area is 196 Å². The number of carbonyl (C=O) groups excluding carboxylic acids is 1. The minimum absolute atomic E-state index is 0.213. The van der Waals surface area contributed by atoms with Crippen LogP contribution in [0.5, 0.6) is 0 Å². The number of rotatable bonds is 10. The highest BCUT2D eigenvalue weighted by Crippen LogP contribution is 2.29. The Morgan fingerprint density at radius 3 is 2.47 bits per heavy atom. The van der Waals surface area contributed by atoms with E-state index in [1.807, 2.05) is 6.92 Å². The van der Waals surface area contributed by atoms with Gasteiger partial charge in [0.15, 0.2) is 0 Å². The lowest BCUT2D eigenvalue weighted by Crippen LogP contribution is -2.24. The van der Waals surface area contributed by atoms with Crippen molar-refractivity contribution in [1.82, 2.24) is 10.3 Å². The van der Waals surface area contributed by atoms with Gasteiger partial charge in [0.2, 0.25) is 15.9 Å². The first kappa shape index (κ1) is 27.3. The standard InChI is InChI=1S/C23H27F4N3O3S/c1-4-5-6-7-19-16(9-12-21(29-19)23(25,26)27)10-13-22(31)28-15(2)17-8-11-20(18(24)14-17)30-34(3,32)33/h8-15,30H,4-7H2,1-3H3,(H,28,31)/b13-10-. The maximum atomic E-state index is 14.2. The summed E-state index contributed by atoms with van der Waals surface area (Å²) in [4.78, 5) is 16.1. The van der Waals surface area contributed by atoms with Gasteiger partial charge in [-0.15, -0.1) is 0 Å². The fourth-order valence-electron chi connectivity index (χ4n) is 3.16. The van der Waals surface area contributed by atoms with E-state index < -0.39 is 39.7 Å². The summed E-state index contributed by atoms with van der Waals surface area (Å²) in [5, 5.41) is 2.64. The van der Waals surface area contributed by atoms with Gasteiger partial charge >= 0.3 is 6.18 Å². The Balaban J connectivity index is 2.13. The summed E-state index contributed by atoms with van der Waals surface area (Å²) in [7, 11) is -3.64. The van der Waals surface area contributed by atoms with Gasteiger partial charge in [0, 0.05) is 11.8 Å². The molecule has 0 saturated heterocycles. The normalized spacial score (nSPS) is 13.1. The molecule has 1 unspecified atom stereocenters. The first-order chi connectivity index (χ1) is 15.8. The van der Waals surface area contributed by atoms with E-state index in [-0.39, 0.29) is 11.4 Å². The van der Waals surface area contributed by atoms with Crippen molar-refractivity contribution in [3.05, 3.63) is 64.7 Å². The highest BCUT2D eigenvalue weighted by molar-refractivity contribution is 7.92. The van der Waals surface area contributed by atoms with Crippen LogP contribution in [0.1, 0.15) is 61.7 Å². The van der Waals surface area contributed by atoms with Gasteiger partial charge in [-0.1, -0.05) is 31.9 Å². The molecule has 1 amide bonds. The van der Waals surface area contributed by atoms with E-state index in [2.05, 4.69) is 15.0 Å². The minimum Gasteiger partial charge on any atom is -0.346 e. The number of aryl methyl sites for hydroxylation is 1. The van der Waals surface area contributed by atoms with E-state index >= 15 is 0 Å². The molecule has 0 aliphatic heterocycles. The van der Waals surface area contributed by atoms with Crippen molar-refractivity contribution in [3.63, 3.8) is 0 Å². The van der Waals surface area contributed by atoms with Crippen molar-refractivity contribution >= 4 is 27.7 Å². The van der Waals surface area contributed by atoms with Gasteiger partial charge in [0.05, 0.1) is 18.0 Å². The number of unbranched alkanes of at least 4 members (excludes halogenated alkanes) is 2. The molecule has 0 radical (unpaired) electrons. The predicted molar refractivity (Wildman–Crippen MR) is 123 cm³/mol. The van der Waals surface area contributed by atoms with Crippen molar-refractivity contribution in [2.24, 2.45) is 0 Å². The van der Waals surface area contributed by atoms with Crippen molar-refractivity contribution < 1.29 is 30.8 Å². The minimum atomic E-state index is -4.56. The Bertz CT molecular complexity index is 1150. The van der Waals surface area contributed by atoms with Crippen molar-refractivity contribution in [2.75, 3.05) is 11.0 Å². The molecule has 1 aromatic heterocycles. The monoisotopic (exact) mass is 501 g/mol. The van der Waals surface area contributed by atoms with Gasteiger partial charge in [-0.05, 0) is 55.2 Å². The number of alkyl halides is 3. The summed E-state index contributed by atoms with van der Waals surface area (Å²) in [5.41, 5.74) is -0.125. The molecule has 0 fully saturated rings. The van der Waals surface area contributed by atoms with Gasteiger partial charge in [-0.2, -0.15) is 13.2 Å². The molecule has 34 heavy (non-hydrogen) atoms. The topological polar surface area (TPSA) is 88.2 Å². The lowest BCUT2D eigenvalue weighted by Gasteiger charge is -2.15. The van der Waals surface area contributed by atoms with Gasteiger partial charge in [-0.25, -0.2) is 17.8 Å². The maximum Gasteiger partial charge on any atom is 0.433 e. The van der Waals surface area contributed by atoms with Crippen LogP contribution in [0.3, 0.4) is 0 Å². The summed E-state index contributed by atoms with van der Waals surface area (Å²) in [5.74, 6) is -1.34. The number of halogens is 4. The fraction of sp³-hybridized carbons (Fsp3) is 0.391. The number of carbonyl (C=O) groups is 1. The molecule has 6 nitrogen and oxygen atoms in total. The van der Waals surface area contributed by atoms with Gasteiger partial charge in [-0.3, -0.25) is 9.52 Å². The van der Waals surface area contributed by atoms with Gasteiger partial charge in [0.1, 0.15) is 11.5 Å². The smallest absolute Gasteiger partial charge is 0.346 e. The average molecular weight is 502 g/mol. The molecular weight excluding hydrogens is 474 g/mol. The van der Waals surface area contributed by atoms with Crippen LogP contribution in [0, 0.1) is 5.82 Å². The van der Waals surface area contributed by atoms with Gasteiger partial charge < -0.3 is 5.32 Å². The lowest BCUT2D eigenvalue weighted by molar-refractivity contribution is -0.141. The van der Waals surface area contributed by atoms with E-state index in [1.54, 1.807) is 6.92 Å². The molecule has 186 valence electrons. The number of anilines is 1. The van der Waals surface area contributed by atoms with Crippen LogP contribution in [0.25, 0.3) is 6.08 Å². The SMILES string of the molecule is CCCCCc1nc(C(F)(F)F)ccc1/C=C\C(=O)NC(C)c1ccc(NS(C)(=O)=O)c(F)c1. The number of nitrogens with zero attached hydrogens (tertiary/aromatic N) is 1. The van der Waals surface area contributed by atoms with E-state index in [9.17, 15) is 30.8 Å². The van der Waals surface area contributed by atoms with E-state index in [4.69, 9.17) is 0 Å². The molecule has 0 saturated carbocycles. The number of benzene rings is 1. The third kappa shape index (κ3) is 8.44. The maximum absolute atomic E-state index is 14.2. The average Bonchev–Trinajstić information content (AvgIpc) is 2.72. The van der Waals surface area contributed by atoms with E-state index in [1.165, 1.54) is 30.4 Å². The van der Waals surface area contributed by atoms with E-state index in [0.717, 1.165) is 31.2 Å². The van der Waals surface area contributed by atoms with Crippen LogP contribution in [-0.4, -0.2) is 25.6 Å². The second-order valence-electron chi connectivity index (χ2n) is 7.86. The fourth-order valence-corrected chi connectivity index (χ4v) is 3.72. The second-order valence-corrected chi connectivity index (χ2v) is 9.61. The van der Waals surface area contributed by atoms with Gasteiger partial charge in [0.25, 0.3) is 0 Å². The summed E-state index contributed by atoms with van der Waals surface area (Å²) in [6.07, 6.45) is 1.68. The Hall–Kier alpha value is -2.95. The lowest BCUT2D eigenvalue weighted by atomic mass is 10.1. The first-order valence-corrected chi connectivity index (χ1v) is 12.5. The number of nitrogens with one attached hydrogen (secondary N) is 2. The molecule has 0 spiro atoms. The predicted octanol–water partition coefficient (Wildman–Crippen LogP) is 5.23. The number of hydrogen-bond donors (Lipinski definition) is 2. The number of sulfonamides is 1. The first-order valence-electron chi connectivity index (χ1n) is 10.6. The third-order valence-corrected chi connectivity index (χ3v) is 5.47. The van der Waals surface area contributed by atoms with Crippen LogP contribution >= 0.6 is 0 Å². The van der Waals surface area contributed by atoms with Crippen LogP contribution in [0.15, 0.2) is 36.4 Å². The highest BCUT2D eigenvalue weighted by atomic mass is 32.2. The second kappa shape index (κ2) is 11.5. The molecule has 2 aromatic rings. The van der Waals surface area contributed by atoms with Crippen molar-refractivity contribution in [1.29, 1.82) is 0 Å². The molecule has 2 rings (SSSR count).